The molecule has 0 aliphatic carbocycles. The molecule has 2 heterocycles. The molecule has 10 heteroatoms. The molecule has 0 radical (unpaired) electrons. The molecule has 2 N–H and O–H groups in total. The second kappa shape index (κ2) is 11.9. The smallest absolute Gasteiger partial charge is 0.435 e. The molecule has 0 spiro atoms. The molecule has 0 aliphatic rings. The summed E-state index contributed by atoms with van der Waals surface area (Å²) in [5, 5.41) is 12.7. The highest BCUT2D eigenvalue weighted by molar-refractivity contribution is 5.94. The zero-order valence-corrected chi connectivity index (χ0v) is 26.1. The van der Waals surface area contributed by atoms with E-state index in [1.165, 1.54) is 4.68 Å². The van der Waals surface area contributed by atoms with Crippen molar-refractivity contribution in [2.45, 2.75) is 59.7 Å². The minimum atomic E-state index is -0.628. The summed E-state index contributed by atoms with van der Waals surface area (Å²) < 4.78 is 12.3. The summed E-state index contributed by atoms with van der Waals surface area (Å²) in [6.45, 7) is 13.3. The summed E-state index contributed by atoms with van der Waals surface area (Å²) in [6, 6.07) is 21.2. The first kappa shape index (κ1) is 30.5. The Morgan fingerprint density at radius 2 is 1.61 bits per heavy atom. The van der Waals surface area contributed by atoms with Gasteiger partial charge in [-0.1, -0.05) is 31.2 Å². The Morgan fingerprint density at radius 3 is 2.36 bits per heavy atom. The Hall–Kier alpha value is -4.99. The van der Waals surface area contributed by atoms with Gasteiger partial charge in [0.2, 0.25) is 0 Å². The van der Waals surface area contributed by atoms with E-state index >= 15 is 0 Å². The minimum absolute atomic E-state index is 0.245. The van der Waals surface area contributed by atoms with Gasteiger partial charge in [0.1, 0.15) is 17.0 Å². The fourth-order valence-electron chi connectivity index (χ4n) is 4.52. The number of hydrogen-bond acceptors (Lipinski definition) is 9. The van der Waals surface area contributed by atoms with Crippen LogP contribution in [0.3, 0.4) is 0 Å². The van der Waals surface area contributed by atoms with Crippen molar-refractivity contribution in [1.29, 1.82) is 0 Å². The van der Waals surface area contributed by atoms with E-state index in [0.29, 0.717) is 23.7 Å². The van der Waals surface area contributed by atoms with E-state index in [4.69, 9.17) is 19.4 Å². The Morgan fingerprint density at radius 1 is 0.864 bits per heavy atom. The van der Waals surface area contributed by atoms with Crippen LogP contribution in [0.2, 0.25) is 0 Å². The molecule has 0 saturated heterocycles. The number of carbonyl (C=O) groups excluding carboxylic acids is 2. The molecule has 0 amide bonds. The van der Waals surface area contributed by atoms with Gasteiger partial charge in [-0.25, -0.2) is 14.8 Å². The van der Waals surface area contributed by atoms with Gasteiger partial charge >= 0.3 is 12.1 Å². The van der Waals surface area contributed by atoms with Crippen LogP contribution in [0, 0.1) is 5.92 Å². The highest BCUT2D eigenvalue weighted by Crippen LogP contribution is 2.30. The maximum atomic E-state index is 12.6. The van der Waals surface area contributed by atoms with Gasteiger partial charge in [0.05, 0.1) is 23.1 Å². The molecule has 1 atom stereocenters. The fraction of sp³-hybridized carbons (Fsp3) is 0.324. The lowest BCUT2D eigenvalue weighted by Crippen LogP contribution is -2.30. The van der Waals surface area contributed by atoms with Crippen molar-refractivity contribution in [2.75, 3.05) is 17.2 Å². The second-order valence-corrected chi connectivity index (χ2v) is 12.7. The lowest BCUT2D eigenvalue weighted by Gasteiger charge is -2.22. The number of rotatable bonds is 7. The SMILES string of the molecule is C[C@@H](CNc1cccc(-c2nc(Nc3ccc4c(cnn4C(=O)OC(C)(C)C)c3)c3ccccc3n2)c1)C(=O)OC(C)(C)C. The number of ether oxygens (including phenoxy) is 2. The van der Waals surface area contributed by atoms with Crippen LogP contribution in [-0.4, -0.2) is 49.6 Å². The van der Waals surface area contributed by atoms with E-state index in [1.54, 1.807) is 6.20 Å². The predicted octanol–water partition coefficient (Wildman–Crippen LogP) is 7.56. The van der Waals surface area contributed by atoms with Crippen LogP contribution < -0.4 is 10.6 Å². The first-order valence-corrected chi connectivity index (χ1v) is 14.6. The van der Waals surface area contributed by atoms with Crippen LogP contribution in [0.4, 0.5) is 22.0 Å². The molecule has 2 aromatic heterocycles. The summed E-state index contributed by atoms with van der Waals surface area (Å²) in [6.07, 6.45) is 1.10. The van der Waals surface area contributed by atoms with E-state index < -0.39 is 17.3 Å². The third-order valence-electron chi connectivity index (χ3n) is 6.54. The van der Waals surface area contributed by atoms with Crippen molar-refractivity contribution < 1.29 is 19.1 Å². The molecule has 0 unspecified atom stereocenters. The number of para-hydroxylation sites is 1. The van der Waals surface area contributed by atoms with Crippen molar-refractivity contribution in [3.8, 4) is 11.4 Å². The standard InChI is InChI=1S/C34H38N6O4/c1-21(31(41)43-33(2,3)4)19-35-24-12-10-11-22(17-24)29-38-27-14-9-8-13-26(27)30(39-29)37-25-15-16-28-23(18-25)20-36-40(28)32(42)44-34(5,6)7/h8-18,20-21,35H,19H2,1-7H3,(H,37,38,39)/t21-/m0/s1. The van der Waals surface area contributed by atoms with E-state index in [-0.39, 0.29) is 11.9 Å². The number of esters is 1. The van der Waals surface area contributed by atoms with Crippen molar-refractivity contribution in [1.82, 2.24) is 19.7 Å². The van der Waals surface area contributed by atoms with Crippen LogP contribution in [0.1, 0.15) is 48.5 Å². The third-order valence-corrected chi connectivity index (χ3v) is 6.54. The minimum Gasteiger partial charge on any atom is -0.460 e. The van der Waals surface area contributed by atoms with Gasteiger partial charge in [-0.15, -0.1) is 0 Å². The van der Waals surface area contributed by atoms with E-state index in [9.17, 15) is 9.59 Å². The maximum Gasteiger partial charge on any atom is 0.435 e. The lowest BCUT2D eigenvalue weighted by molar-refractivity contribution is -0.158. The van der Waals surface area contributed by atoms with Crippen LogP contribution in [0.25, 0.3) is 33.2 Å². The van der Waals surface area contributed by atoms with Crippen LogP contribution >= 0.6 is 0 Å². The predicted molar refractivity (Wildman–Crippen MR) is 173 cm³/mol. The second-order valence-electron chi connectivity index (χ2n) is 12.7. The molecule has 0 aliphatic heterocycles. The summed E-state index contributed by atoms with van der Waals surface area (Å²) in [7, 11) is 0. The third kappa shape index (κ3) is 7.31. The number of anilines is 3. The van der Waals surface area contributed by atoms with Crippen LogP contribution in [0.15, 0.2) is 72.9 Å². The Kier molecular flexibility index (Phi) is 8.27. The summed E-state index contributed by atoms with van der Waals surface area (Å²) in [5.41, 5.74) is 2.72. The first-order valence-electron chi connectivity index (χ1n) is 14.6. The largest absolute Gasteiger partial charge is 0.460 e. The van der Waals surface area contributed by atoms with E-state index in [0.717, 1.165) is 33.2 Å². The molecular weight excluding hydrogens is 556 g/mol. The molecule has 0 saturated carbocycles. The number of fused-ring (bicyclic) bond motifs is 2. The summed E-state index contributed by atoms with van der Waals surface area (Å²) in [5.74, 6) is 0.625. The molecule has 44 heavy (non-hydrogen) atoms. The average Bonchev–Trinajstić information content (AvgIpc) is 3.38. The zero-order chi connectivity index (χ0) is 31.6. The van der Waals surface area contributed by atoms with Crippen molar-refractivity contribution in [3.05, 3.63) is 72.9 Å². The van der Waals surface area contributed by atoms with Gasteiger partial charge in [0.15, 0.2) is 5.82 Å². The van der Waals surface area contributed by atoms with Gasteiger partial charge in [-0.3, -0.25) is 4.79 Å². The normalized spacial score (nSPS) is 12.6. The first-order chi connectivity index (χ1) is 20.8. The highest BCUT2D eigenvalue weighted by atomic mass is 16.6. The summed E-state index contributed by atoms with van der Waals surface area (Å²) >= 11 is 0. The van der Waals surface area contributed by atoms with Gasteiger partial charge in [-0.05, 0) is 84.0 Å². The molecule has 228 valence electrons. The van der Waals surface area contributed by atoms with Crippen molar-refractivity contribution in [3.63, 3.8) is 0 Å². The van der Waals surface area contributed by atoms with Crippen molar-refractivity contribution >= 4 is 51.1 Å². The molecule has 10 nitrogen and oxygen atoms in total. The van der Waals surface area contributed by atoms with E-state index in [1.807, 2.05) is 115 Å². The molecule has 5 rings (SSSR count). The van der Waals surface area contributed by atoms with Gasteiger partial charge < -0.3 is 20.1 Å². The summed E-state index contributed by atoms with van der Waals surface area (Å²) in [4.78, 5) is 34.8. The molecule has 3 aromatic carbocycles. The quantitative estimate of drug-likeness (QED) is 0.184. The van der Waals surface area contributed by atoms with Crippen molar-refractivity contribution in [2.24, 2.45) is 5.92 Å². The Labute approximate surface area is 256 Å². The number of aromatic nitrogens is 4. The Balaban J connectivity index is 1.40. The van der Waals surface area contributed by atoms with Gasteiger partial charge in [-0.2, -0.15) is 9.78 Å². The number of benzene rings is 3. The van der Waals surface area contributed by atoms with Crippen LogP contribution in [0.5, 0.6) is 0 Å². The van der Waals surface area contributed by atoms with Gasteiger partial charge in [0, 0.05) is 34.3 Å². The average molecular weight is 595 g/mol. The Bertz CT molecular complexity index is 1830. The topological polar surface area (TPSA) is 120 Å². The maximum absolute atomic E-state index is 12.6. The van der Waals surface area contributed by atoms with Gasteiger partial charge in [0.25, 0.3) is 0 Å². The molecule has 0 fully saturated rings. The molecule has 0 bridgehead atoms. The molecule has 5 aromatic rings. The highest BCUT2D eigenvalue weighted by Gasteiger charge is 2.22. The number of hydrogen-bond donors (Lipinski definition) is 2. The van der Waals surface area contributed by atoms with E-state index in [2.05, 4.69) is 15.7 Å². The lowest BCUT2D eigenvalue weighted by atomic mass is 10.1. The molecular formula is C34H38N6O4. The zero-order valence-electron chi connectivity index (χ0n) is 26.1. The fourth-order valence-corrected chi connectivity index (χ4v) is 4.52. The van der Waals surface area contributed by atoms with Crippen LogP contribution in [-0.2, 0) is 14.3 Å². The number of nitrogens with zero attached hydrogens (tertiary/aromatic N) is 4. The number of carbonyl (C=O) groups is 2. The monoisotopic (exact) mass is 594 g/mol. The number of nitrogens with one attached hydrogen (secondary N) is 2.